The summed E-state index contributed by atoms with van der Waals surface area (Å²) in [5, 5.41) is 11.5. The summed E-state index contributed by atoms with van der Waals surface area (Å²) in [6.45, 7) is 4.33. The number of hydrogen-bond donors (Lipinski definition) is 4. The summed E-state index contributed by atoms with van der Waals surface area (Å²) in [7, 11) is 11.9. The number of carbonyl (C=O) groups excluding carboxylic acids is 4. The van der Waals surface area contributed by atoms with Crippen LogP contribution < -0.4 is 59.2 Å². The van der Waals surface area contributed by atoms with Crippen LogP contribution in [-0.2, 0) is 37.9 Å². The molecule has 0 unspecified atom stereocenters. The SMILES string of the molecule is COCCOCCOc1ccncc1C(=O)Nc1cc(NC(=O)c2cc(C#Cc3ccc(OCCOCCOC)c(C(=O)Nc4cc(NC(=O)c5cnccc5OCCOCCOC)c(OC)cc4OC)c3)ccc2OCCOCCOC)c(OC)cc1OC. The van der Waals surface area contributed by atoms with Gasteiger partial charge < -0.3 is 97.1 Å². The number of ether oxygens (including phenoxy) is 16. The summed E-state index contributed by atoms with van der Waals surface area (Å²) in [6, 6.07) is 18.7. The summed E-state index contributed by atoms with van der Waals surface area (Å²) < 4.78 is 89.0. The maximum Gasteiger partial charge on any atom is 0.261 e. The second-order valence-corrected chi connectivity index (χ2v) is 18.6. The first kappa shape index (κ1) is 69.8. The summed E-state index contributed by atoms with van der Waals surface area (Å²) >= 11 is 0. The lowest BCUT2D eigenvalue weighted by molar-refractivity contribution is 0.0542. The molecule has 0 saturated carbocycles. The zero-order valence-electron chi connectivity index (χ0n) is 51.6. The van der Waals surface area contributed by atoms with E-state index in [9.17, 15) is 19.2 Å². The largest absolute Gasteiger partial charge is 0.494 e. The van der Waals surface area contributed by atoms with Crippen molar-refractivity contribution in [2.75, 3.05) is 184 Å². The van der Waals surface area contributed by atoms with Gasteiger partial charge in [-0.25, -0.2) is 0 Å². The maximum absolute atomic E-state index is 14.6. The van der Waals surface area contributed by atoms with E-state index >= 15 is 0 Å². The lowest BCUT2D eigenvalue weighted by Gasteiger charge is -2.18. The highest BCUT2D eigenvalue weighted by molar-refractivity contribution is 6.11. The van der Waals surface area contributed by atoms with Gasteiger partial charge in [-0.1, -0.05) is 11.8 Å². The van der Waals surface area contributed by atoms with Gasteiger partial charge in [0.2, 0.25) is 0 Å². The molecule has 4 N–H and O–H groups in total. The molecule has 0 aliphatic carbocycles. The molecule has 0 fully saturated rings. The fourth-order valence-electron chi connectivity index (χ4n) is 8.09. The van der Waals surface area contributed by atoms with E-state index in [0.29, 0.717) is 64.0 Å². The van der Waals surface area contributed by atoms with Gasteiger partial charge in [-0.2, -0.15) is 0 Å². The number of methoxy groups -OCH3 is 8. The number of aromatic nitrogens is 2. The van der Waals surface area contributed by atoms with Gasteiger partial charge in [0.15, 0.2) is 0 Å². The number of carbonyl (C=O) groups is 4. The van der Waals surface area contributed by atoms with Gasteiger partial charge in [-0.05, 0) is 60.7 Å². The molecule has 0 radical (unpaired) electrons. The molecule has 0 saturated heterocycles. The van der Waals surface area contributed by atoms with Crippen molar-refractivity contribution in [3.63, 3.8) is 0 Å². The maximum atomic E-state index is 14.6. The van der Waals surface area contributed by atoms with E-state index in [4.69, 9.17) is 75.8 Å². The molecule has 0 spiro atoms. The molecular weight excluding hydrogens is 1170 g/mol. The first-order valence-corrected chi connectivity index (χ1v) is 28.2. The van der Waals surface area contributed by atoms with Gasteiger partial charge in [-0.15, -0.1) is 0 Å². The van der Waals surface area contributed by atoms with Crippen LogP contribution in [0.2, 0.25) is 0 Å². The molecule has 2 heterocycles. The number of amides is 4. The average molecular weight is 1250 g/mol. The predicted molar refractivity (Wildman–Crippen MR) is 331 cm³/mol. The summed E-state index contributed by atoms with van der Waals surface area (Å²) in [6.07, 6.45) is 5.72. The minimum absolute atomic E-state index is 0.0692. The third-order valence-electron chi connectivity index (χ3n) is 12.6. The average Bonchev–Trinajstić information content (AvgIpc) is 2.43. The number of hydrogen-bond acceptors (Lipinski definition) is 22. The monoisotopic (exact) mass is 1250 g/mol. The van der Waals surface area contributed by atoms with E-state index in [0.717, 1.165) is 0 Å². The van der Waals surface area contributed by atoms with E-state index in [2.05, 4.69) is 43.1 Å². The van der Waals surface area contributed by atoms with E-state index < -0.39 is 23.6 Å². The molecule has 26 nitrogen and oxygen atoms in total. The molecule has 0 atom stereocenters. The second kappa shape index (κ2) is 38.9. The summed E-state index contributed by atoms with van der Waals surface area (Å²) in [4.78, 5) is 65.1. The van der Waals surface area contributed by atoms with Gasteiger partial charge in [0.1, 0.15) is 72.4 Å². The summed E-state index contributed by atoms with van der Waals surface area (Å²) in [5.41, 5.74) is 1.81. The molecule has 6 rings (SSSR count). The number of rotatable bonds is 40. The Bertz CT molecular complexity index is 3120. The van der Waals surface area contributed by atoms with Gasteiger partial charge >= 0.3 is 0 Å². The molecular formula is C64H76N6O20. The Hall–Kier alpha value is -9.30. The fraction of sp³-hybridized carbons (Fsp3) is 0.375. The molecule has 90 heavy (non-hydrogen) atoms. The Kier molecular flexibility index (Phi) is 30.1. The Morgan fingerprint density at radius 3 is 0.889 bits per heavy atom. The molecule has 0 bridgehead atoms. The van der Waals surface area contributed by atoms with Crippen molar-refractivity contribution in [2.24, 2.45) is 0 Å². The lowest BCUT2D eigenvalue weighted by Crippen LogP contribution is -2.18. The van der Waals surface area contributed by atoms with Gasteiger partial charge in [0, 0.05) is 76.5 Å². The number of nitrogens with zero attached hydrogens (tertiary/aromatic N) is 2. The van der Waals surface area contributed by atoms with E-state index in [-0.39, 0.29) is 144 Å². The molecule has 26 heteroatoms. The molecule has 4 aromatic carbocycles. The topological polar surface area (TPSA) is 290 Å². The lowest BCUT2D eigenvalue weighted by atomic mass is 10.1. The highest BCUT2D eigenvalue weighted by Gasteiger charge is 2.24. The van der Waals surface area contributed by atoms with E-state index in [1.54, 1.807) is 77.0 Å². The van der Waals surface area contributed by atoms with Crippen LogP contribution in [-0.4, -0.2) is 196 Å². The first-order valence-electron chi connectivity index (χ1n) is 28.2. The number of pyridine rings is 2. The minimum Gasteiger partial charge on any atom is -0.494 e. The highest BCUT2D eigenvalue weighted by Crippen LogP contribution is 2.39. The Balaban J connectivity index is 1.29. The van der Waals surface area contributed by atoms with Crippen molar-refractivity contribution in [1.29, 1.82) is 0 Å². The third kappa shape index (κ3) is 21.8. The molecule has 4 amide bonds. The van der Waals surface area contributed by atoms with Crippen molar-refractivity contribution >= 4 is 46.4 Å². The molecule has 6 aromatic rings. The first-order chi connectivity index (χ1) is 44.0. The van der Waals surface area contributed by atoms with Gasteiger partial charge in [0.25, 0.3) is 23.6 Å². The third-order valence-corrected chi connectivity index (χ3v) is 12.6. The Morgan fingerprint density at radius 2 is 0.600 bits per heavy atom. The number of anilines is 4. The van der Waals surface area contributed by atoms with E-state index in [1.165, 1.54) is 77.5 Å². The minimum atomic E-state index is -0.639. The van der Waals surface area contributed by atoms with Crippen LogP contribution in [0.5, 0.6) is 46.0 Å². The van der Waals surface area contributed by atoms with Crippen LogP contribution >= 0.6 is 0 Å². The smallest absolute Gasteiger partial charge is 0.261 e. The van der Waals surface area contributed by atoms with E-state index in [1.807, 2.05) is 0 Å². The molecule has 0 aliphatic heterocycles. The quantitative estimate of drug-likeness (QED) is 0.0221. The van der Waals surface area contributed by atoms with Crippen molar-refractivity contribution in [3.05, 3.63) is 131 Å². The van der Waals surface area contributed by atoms with Gasteiger partial charge in [-0.3, -0.25) is 29.1 Å². The van der Waals surface area contributed by atoms with Crippen LogP contribution in [0.3, 0.4) is 0 Å². The zero-order valence-corrected chi connectivity index (χ0v) is 51.6. The summed E-state index contributed by atoms with van der Waals surface area (Å²) in [5.74, 6) is 5.51. The standard InChI is InChI=1S/C64H76N6O20/c1-75-19-23-83-27-31-87-53-13-11-43(35-45(53)61(71)67-49-37-51(59(81-7)39-57(49)79-5)69-63(73)47-41-65-17-15-55(47)89-33-29-85-25-21-77-3)9-10-44-12-14-54(88-32-28-84-24-20-76-2)46(36-44)62(72)68-50-38-52(60(82-8)40-58(50)80-6)70-64(74)48-42-66-18-16-56(48)90-34-30-86-26-22-78-4/h11-18,35-42H,19-34H2,1-8H3,(H,67,71)(H,68,72)(H,69,73)(H,70,74). The number of nitrogens with one attached hydrogen (secondary N) is 4. The Morgan fingerprint density at radius 1 is 0.322 bits per heavy atom. The normalized spacial score (nSPS) is 10.7. The Labute approximate surface area is 522 Å². The highest BCUT2D eigenvalue weighted by atomic mass is 16.6. The molecule has 2 aromatic heterocycles. The fourth-order valence-corrected chi connectivity index (χ4v) is 8.09. The predicted octanol–water partition coefficient (Wildman–Crippen LogP) is 7.09. The van der Waals surface area contributed by atoms with Gasteiger partial charge in [0.05, 0.1) is 153 Å². The van der Waals surface area contributed by atoms with Crippen LogP contribution in [0.4, 0.5) is 22.7 Å². The van der Waals surface area contributed by atoms with Crippen molar-refractivity contribution in [3.8, 4) is 57.8 Å². The van der Waals surface area contributed by atoms with Crippen LogP contribution in [0, 0.1) is 11.8 Å². The van der Waals surface area contributed by atoms with Crippen molar-refractivity contribution in [1.82, 2.24) is 9.97 Å². The van der Waals surface area contributed by atoms with Crippen LogP contribution in [0.25, 0.3) is 0 Å². The number of benzene rings is 4. The zero-order chi connectivity index (χ0) is 64.3. The van der Waals surface area contributed by atoms with Crippen LogP contribution in [0.1, 0.15) is 52.6 Å². The second-order valence-electron chi connectivity index (χ2n) is 18.6. The molecule has 0 aliphatic rings. The molecule has 482 valence electrons. The van der Waals surface area contributed by atoms with Crippen molar-refractivity contribution < 1.29 is 95.0 Å². The van der Waals surface area contributed by atoms with Crippen LogP contribution in [0.15, 0.2) is 97.6 Å². The van der Waals surface area contributed by atoms with Crippen molar-refractivity contribution in [2.45, 2.75) is 0 Å².